The first-order valence-corrected chi connectivity index (χ1v) is 6.33. The van der Waals surface area contributed by atoms with Crippen LogP contribution in [0.2, 0.25) is 0 Å². The molecule has 0 heterocycles. The molecule has 2 heteroatoms. The molecule has 18 heavy (non-hydrogen) atoms. The molecule has 0 fully saturated rings. The van der Waals surface area contributed by atoms with Crippen LogP contribution in [0.5, 0.6) is 0 Å². The predicted octanol–water partition coefficient (Wildman–Crippen LogP) is 3.38. The third-order valence-corrected chi connectivity index (χ3v) is 3.29. The topological polar surface area (TPSA) is 29.1 Å². The minimum atomic E-state index is 0.104. The average molecular weight is 237 g/mol. The number of carbonyl (C=O) groups excluding carboxylic acids is 1. The first-order chi connectivity index (χ1) is 8.81. The van der Waals surface area contributed by atoms with Crippen molar-refractivity contribution in [2.75, 3.05) is 6.54 Å². The van der Waals surface area contributed by atoms with Gasteiger partial charge < -0.3 is 5.32 Å². The molecule has 1 N–H and O–H groups in total. The van der Waals surface area contributed by atoms with Crippen molar-refractivity contribution in [2.24, 2.45) is 0 Å². The standard InChI is InChI=1S/C16H15NO/c1-2-9-17-14-10-12-7-3-5-11-6-4-8-13(15(11)12)16(14)18/h3-8,10,17H,2,9H2,1H3. The lowest BCUT2D eigenvalue weighted by atomic mass is 9.90. The molecule has 1 aliphatic carbocycles. The number of allylic oxidation sites excluding steroid dienone is 1. The van der Waals surface area contributed by atoms with Crippen LogP contribution in [-0.4, -0.2) is 12.3 Å². The minimum Gasteiger partial charge on any atom is -0.382 e. The van der Waals surface area contributed by atoms with Gasteiger partial charge >= 0.3 is 0 Å². The molecule has 2 nitrogen and oxygen atoms in total. The molecule has 0 saturated heterocycles. The van der Waals surface area contributed by atoms with Crippen LogP contribution in [0.1, 0.15) is 29.3 Å². The molecule has 0 atom stereocenters. The van der Waals surface area contributed by atoms with Crippen LogP contribution >= 0.6 is 0 Å². The predicted molar refractivity (Wildman–Crippen MR) is 74.5 cm³/mol. The molecule has 2 aromatic rings. The van der Waals surface area contributed by atoms with Gasteiger partial charge in [0.2, 0.25) is 5.78 Å². The van der Waals surface area contributed by atoms with Gasteiger partial charge in [-0.3, -0.25) is 4.79 Å². The van der Waals surface area contributed by atoms with Gasteiger partial charge in [0.15, 0.2) is 0 Å². The number of rotatable bonds is 3. The normalized spacial score (nSPS) is 13.6. The molecule has 0 bridgehead atoms. The summed E-state index contributed by atoms with van der Waals surface area (Å²) < 4.78 is 0. The molecular formula is C16H15NO. The Hall–Kier alpha value is -2.09. The highest BCUT2D eigenvalue weighted by Crippen LogP contribution is 2.30. The second-order valence-electron chi connectivity index (χ2n) is 4.56. The van der Waals surface area contributed by atoms with Gasteiger partial charge in [-0.25, -0.2) is 0 Å². The number of ketones is 1. The Labute approximate surface area is 106 Å². The van der Waals surface area contributed by atoms with Gasteiger partial charge in [-0.2, -0.15) is 0 Å². The number of carbonyl (C=O) groups is 1. The maximum Gasteiger partial charge on any atom is 0.209 e. The smallest absolute Gasteiger partial charge is 0.209 e. The third-order valence-electron chi connectivity index (χ3n) is 3.29. The first kappa shape index (κ1) is 11.0. The van der Waals surface area contributed by atoms with E-state index in [1.54, 1.807) is 0 Å². The fraction of sp³-hybridized carbons (Fsp3) is 0.188. The zero-order valence-corrected chi connectivity index (χ0v) is 10.4. The summed E-state index contributed by atoms with van der Waals surface area (Å²) in [5.41, 5.74) is 2.65. The lowest BCUT2D eigenvalue weighted by Gasteiger charge is -2.17. The summed E-state index contributed by atoms with van der Waals surface area (Å²) in [6, 6.07) is 12.1. The van der Waals surface area contributed by atoms with E-state index in [0.717, 1.165) is 34.9 Å². The number of hydrogen-bond acceptors (Lipinski definition) is 2. The molecule has 0 saturated carbocycles. The van der Waals surface area contributed by atoms with Gasteiger partial charge in [0, 0.05) is 17.5 Å². The summed E-state index contributed by atoms with van der Waals surface area (Å²) in [5, 5.41) is 5.42. The van der Waals surface area contributed by atoms with Gasteiger partial charge in [0.25, 0.3) is 0 Å². The largest absolute Gasteiger partial charge is 0.382 e. The SMILES string of the molecule is CCCNC1=Cc2cccc3cccc(c23)C1=O. The van der Waals surface area contributed by atoms with E-state index in [-0.39, 0.29) is 5.78 Å². The molecule has 0 aliphatic heterocycles. The van der Waals surface area contributed by atoms with Crippen molar-refractivity contribution < 1.29 is 4.79 Å². The van der Waals surface area contributed by atoms with Crippen LogP contribution < -0.4 is 5.32 Å². The number of Topliss-reactive ketones (excluding diaryl/α,β-unsaturated/α-hetero) is 1. The fourth-order valence-electron chi connectivity index (χ4n) is 2.44. The van der Waals surface area contributed by atoms with Crippen molar-refractivity contribution in [1.82, 2.24) is 5.32 Å². The monoisotopic (exact) mass is 237 g/mol. The van der Waals surface area contributed by atoms with Crippen molar-refractivity contribution in [1.29, 1.82) is 0 Å². The molecule has 3 rings (SSSR count). The van der Waals surface area contributed by atoms with Crippen molar-refractivity contribution >= 4 is 22.6 Å². The van der Waals surface area contributed by atoms with Crippen LogP contribution in [0, 0.1) is 0 Å². The third kappa shape index (κ3) is 1.61. The molecule has 0 amide bonds. The van der Waals surface area contributed by atoms with E-state index in [1.165, 1.54) is 0 Å². The van der Waals surface area contributed by atoms with E-state index < -0.39 is 0 Å². The van der Waals surface area contributed by atoms with Gasteiger partial charge in [-0.15, -0.1) is 0 Å². The molecule has 1 aliphatic rings. The summed E-state index contributed by atoms with van der Waals surface area (Å²) in [6.45, 7) is 2.92. The van der Waals surface area contributed by atoms with E-state index in [0.29, 0.717) is 5.70 Å². The van der Waals surface area contributed by atoms with Gasteiger partial charge in [0.05, 0.1) is 5.70 Å². The highest BCUT2D eigenvalue weighted by atomic mass is 16.1. The van der Waals surface area contributed by atoms with Crippen LogP contribution in [0.25, 0.3) is 16.8 Å². The van der Waals surface area contributed by atoms with E-state index in [1.807, 2.05) is 36.4 Å². The van der Waals surface area contributed by atoms with Crippen LogP contribution in [0.4, 0.5) is 0 Å². The van der Waals surface area contributed by atoms with Crippen LogP contribution in [-0.2, 0) is 0 Å². The molecule has 90 valence electrons. The van der Waals surface area contributed by atoms with E-state index in [4.69, 9.17) is 0 Å². The Bertz CT molecular complexity index is 650. The Morgan fingerprint density at radius 2 is 1.89 bits per heavy atom. The molecule has 2 aromatic carbocycles. The lowest BCUT2D eigenvalue weighted by molar-refractivity contribution is 0.102. The highest BCUT2D eigenvalue weighted by molar-refractivity contribution is 6.22. The summed E-state index contributed by atoms with van der Waals surface area (Å²) in [7, 11) is 0. The second-order valence-corrected chi connectivity index (χ2v) is 4.56. The number of hydrogen-bond donors (Lipinski definition) is 1. The van der Waals surface area contributed by atoms with E-state index >= 15 is 0 Å². The summed E-state index contributed by atoms with van der Waals surface area (Å²) in [6.07, 6.45) is 2.98. The molecule has 0 unspecified atom stereocenters. The maximum absolute atomic E-state index is 12.4. The van der Waals surface area contributed by atoms with E-state index in [2.05, 4.69) is 18.3 Å². The maximum atomic E-state index is 12.4. The molecular weight excluding hydrogens is 222 g/mol. The lowest BCUT2D eigenvalue weighted by Crippen LogP contribution is -2.23. The van der Waals surface area contributed by atoms with Gasteiger partial charge in [0.1, 0.15) is 0 Å². The number of nitrogens with one attached hydrogen (secondary N) is 1. The van der Waals surface area contributed by atoms with E-state index in [9.17, 15) is 4.79 Å². The fourth-order valence-corrected chi connectivity index (χ4v) is 2.44. The Morgan fingerprint density at radius 3 is 2.67 bits per heavy atom. The van der Waals surface area contributed by atoms with Gasteiger partial charge in [-0.05, 0) is 23.4 Å². The Kier molecular flexibility index (Phi) is 2.63. The van der Waals surface area contributed by atoms with Crippen molar-refractivity contribution in [3.8, 4) is 0 Å². The first-order valence-electron chi connectivity index (χ1n) is 6.33. The molecule has 0 spiro atoms. The Morgan fingerprint density at radius 1 is 1.11 bits per heavy atom. The summed E-state index contributed by atoms with van der Waals surface area (Å²) >= 11 is 0. The zero-order valence-electron chi connectivity index (χ0n) is 10.4. The summed E-state index contributed by atoms with van der Waals surface area (Å²) in [4.78, 5) is 12.4. The van der Waals surface area contributed by atoms with Gasteiger partial charge in [-0.1, -0.05) is 43.3 Å². The van der Waals surface area contributed by atoms with Crippen molar-refractivity contribution in [3.05, 3.63) is 53.2 Å². The number of benzene rings is 2. The van der Waals surface area contributed by atoms with Crippen LogP contribution in [0.3, 0.4) is 0 Å². The second kappa shape index (κ2) is 4.30. The quantitative estimate of drug-likeness (QED) is 0.886. The summed E-state index contributed by atoms with van der Waals surface area (Å²) in [5.74, 6) is 0.104. The molecule has 0 radical (unpaired) electrons. The van der Waals surface area contributed by atoms with Crippen LogP contribution in [0.15, 0.2) is 42.1 Å². The van der Waals surface area contributed by atoms with Crippen molar-refractivity contribution in [2.45, 2.75) is 13.3 Å². The van der Waals surface area contributed by atoms with Crippen molar-refractivity contribution in [3.63, 3.8) is 0 Å². The average Bonchev–Trinajstić information content (AvgIpc) is 2.41. The molecule has 0 aromatic heterocycles. The minimum absolute atomic E-state index is 0.104. The highest BCUT2D eigenvalue weighted by Gasteiger charge is 2.20. The Balaban J connectivity index is 2.19. The zero-order chi connectivity index (χ0) is 12.5.